The highest BCUT2D eigenvalue weighted by atomic mass is 19.1. The van der Waals surface area contributed by atoms with Crippen molar-refractivity contribution in [2.45, 2.75) is 45.2 Å². The van der Waals surface area contributed by atoms with Gasteiger partial charge in [0, 0.05) is 24.2 Å². The molecule has 1 aromatic heterocycles. The monoisotopic (exact) mass is 354 g/mol. The Bertz CT molecular complexity index is 819. The van der Waals surface area contributed by atoms with Crippen LogP contribution in [-0.4, -0.2) is 39.4 Å². The molecule has 2 aliphatic rings. The minimum absolute atomic E-state index is 0.114. The summed E-state index contributed by atoms with van der Waals surface area (Å²) in [4.78, 5) is 23.3. The lowest BCUT2D eigenvalue weighted by Gasteiger charge is -2.26. The molecule has 4 rings (SSSR count). The zero-order chi connectivity index (χ0) is 18.3. The van der Waals surface area contributed by atoms with Crippen LogP contribution in [0, 0.1) is 11.2 Å². The standard InChI is InChI=1S/C20H23FN4O/c1-13-10-20(7-8-20)11-25(13)19(26)14(2)24-18-9-17(22-12-23-18)15-3-5-16(21)6-4-15/h3-6,9,12-14H,7-8,10-11H2,1-2H3,(H,22,23,24)/t13-,14-/m1/s1. The number of nitrogens with zero attached hydrogens (tertiary/aromatic N) is 3. The zero-order valence-corrected chi connectivity index (χ0v) is 15.1. The first-order chi connectivity index (χ1) is 12.5. The smallest absolute Gasteiger partial charge is 0.245 e. The molecule has 0 unspecified atom stereocenters. The molecule has 1 amide bonds. The van der Waals surface area contributed by atoms with Crippen molar-refractivity contribution >= 4 is 11.7 Å². The number of rotatable bonds is 4. The number of carbonyl (C=O) groups is 1. The molecule has 1 N–H and O–H groups in total. The molecule has 1 saturated heterocycles. The third kappa shape index (κ3) is 3.28. The number of nitrogens with one attached hydrogen (secondary N) is 1. The Hall–Kier alpha value is -2.50. The molecule has 1 aliphatic carbocycles. The number of halogens is 1. The van der Waals surface area contributed by atoms with Gasteiger partial charge >= 0.3 is 0 Å². The first kappa shape index (κ1) is 16.9. The highest BCUT2D eigenvalue weighted by Crippen LogP contribution is 2.54. The molecule has 2 heterocycles. The van der Waals surface area contributed by atoms with Gasteiger partial charge in [0.05, 0.1) is 5.69 Å². The Morgan fingerprint density at radius 3 is 2.69 bits per heavy atom. The van der Waals surface area contributed by atoms with E-state index in [-0.39, 0.29) is 17.8 Å². The Morgan fingerprint density at radius 2 is 2.04 bits per heavy atom. The number of hydrogen-bond donors (Lipinski definition) is 1. The van der Waals surface area contributed by atoms with E-state index < -0.39 is 0 Å². The molecular weight excluding hydrogens is 331 g/mol. The second-order valence-corrected chi connectivity index (χ2v) is 7.68. The van der Waals surface area contributed by atoms with Crippen molar-refractivity contribution in [2.75, 3.05) is 11.9 Å². The normalized spacial score (nSPS) is 21.7. The summed E-state index contributed by atoms with van der Waals surface area (Å²) >= 11 is 0. The fourth-order valence-corrected chi connectivity index (χ4v) is 3.90. The van der Waals surface area contributed by atoms with Gasteiger partial charge in [-0.3, -0.25) is 4.79 Å². The summed E-state index contributed by atoms with van der Waals surface area (Å²) < 4.78 is 13.1. The van der Waals surface area contributed by atoms with Crippen molar-refractivity contribution in [1.82, 2.24) is 14.9 Å². The second kappa shape index (κ2) is 6.34. The highest BCUT2D eigenvalue weighted by molar-refractivity contribution is 5.85. The molecule has 2 atom stereocenters. The fourth-order valence-electron chi connectivity index (χ4n) is 3.90. The lowest BCUT2D eigenvalue weighted by molar-refractivity contribution is -0.132. The fraction of sp³-hybridized carbons (Fsp3) is 0.450. The molecule has 0 bridgehead atoms. The second-order valence-electron chi connectivity index (χ2n) is 7.68. The summed E-state index contributed by atoms with van der Waals surface area (Å²) in [5.41, 5.74) is 1.90. The van der Waals surface area contributed by atoms with Crippen LogP contribution in [0.3, 0.4) is 0 Å². The summed E-state index contributed by atoms with van der Waals surface area (Å²) in [6.07, 6.45) is 5.06. The van der Waals surface area contributed by atoms with E-state index in [4.69, 9.17) is 0 Å². The molecule has 6 heteroatoms. The topological polar surface area (TPSA) is 58.1 Å². The van der Waals surface area contributed by atoms with Crippen molar-refractivity contribution in [3.8, 4) is 11.3 Å². The zero-order valence-electron chi connectivity index (χ0n) is 15.1. The first-order valence-corrected chi connectivity index (χ1v) is 9.11. The van der Waals surface area contributed by atoms with Crippen LogP contribution in [0.25, 0.3) is 11.3 Å². The average Bonchev–Trinajstić information content (AvgIpc) is 3.30. The molecule has 2 aromatic rings. The average molecular weight is 354 g/mol. The predicted molar refractivity (Wildman–Crippen MR) is 98.0 cm³/mol. The number of anilines is 1. The van der Waals surface area contributed by atoms with E-state index >= 15 is 0 Å². The van der Waals surface area contributed by atoms with Crippen molar-refractivity contribution in [3.05, 3.63) is 42.5 Å². The van der Waals surface area contributed by atoms with E-state index in [0.29, 0.717) is 23.0 Å². The van der Waals surface area contributed by atoms with Gasteiger partial charge in [-0.2, -0.15) is 0 Å². The summed E-state index contributed by atoms with van der Waals surface area (Å²) in [6, 6.07) is 7.89. The molecule has 136 valence electrons. The number of carbonyl (C=O) groups excluding carboxylic acids is 1. The molecule has 1 aromatic carbocycles. The van der Waals surface area contributed by atoms with E-state index in [1.165, 1.54) is 31.3 Å². The number of benzene rings is 1. The lowest BCUT2D eigenvalue weighted by Crippen LogP contribution is -2.43. The van der Waals surface area contributed by atoms with Crippen molar-refractivity contribution in [3.63, 3.8) is 0 Å². The minimum atomic E-state index is -0.359. The summed E-state index contributed by atoms with van der Waals surface area (Å²) in [6.45, 7) is 4.88. The first-order valence-electron chi connectivity index (χ1n) is 9.11. The molecule has 26 heavy (non-hydrogen) atoms. The van der Waals surface area contributed by atoms with Crippen LogP contribution in [0.4, 0.5) is 10.2 Å². The molecule has 1 saturated carbocycles. The Balaban J connectivity index is 1.46. The van der Waals surface area contributed by atoms with Crippen molar-refractivity contribution in [2.24, 2.45) is 5.41 Å². The van der Waals surface area contributed by atoms with Gasteiger partial charge in [0.1, 0.15) is 24.0 Å². The van der Waals surface area contributed by atoms with Crippen molar-refractivity contribution < 1.29 is 9.18 Å². The molecule has 2 fully saturated rings. The molecule has 1 aliphatic heterocycles. The van der Waals surface area contributed by atoms with Crippen LogP contribution in [0.5, 0.6) is 0 Å². The molecular formula is C20H23FN4O. The highest BCUT2D eigenvalue weighted by Gasteiger charge is 2.52. The third-order valence-corrected chi connectivity index (χ3v) is 5.55. The van der Waals surface area contributed by atoms with Gasteiger partial charge in [-0.15, -0.1) is 0 Å². The molecule has 5 nitrogen and oxygen atoms in total. The van der Waals surface area contributed by atoms with Gasteiger partial charge in [-0.1, -0.05) is 0 Å². The number of aromatic nitrogens is 2. The maximum Gasteiger partial charge on any atom is 0.245 e. The van der Waals surface area contributed by atoms with Gasteiger partial charge in [0.25, 0.3) is 0 Å². The van der Waals surface area contributed by atoms with Gasteiger partial charge in [0.2, 0.25) is 5.91 Å². The van der Waals surface area contributed by atoms with E-state index in [9.17, 15) is 9.18 Å². The van der Waals surface area contributed by atoms with Gasteiger partial charge < -0.3 is 10.2 Å². The maximum atomic E-state index is 13.1. The Labute approximate surface area is 152 Å². The minimum Gasteiger partial charge on any atom is -0.359 e. The van der Waals surface area contributed by atoms with Gasteiger partial charge in [0.15, 0.2) is 0 Å². The van der Waals surface area contributed by atoms with Crippen LogP contribution in [-0.2, 0) is 4.79 Å². The van der Waals surface area contributed by atoms with Crippen LogP contribution >= 0.6 is 0 Å². The quantitative estimate of drug-likeness (QED) is 0.913. The van der Waals surface area contributed by atoms with E-state index in [1.54, 1.807) is 18.2 Å². The van der Waals surface area contributed by atoms with Crippen LogP contribution in [0.2, 0.25) is 0 Å². The van der Waals surface area contributed by atoms with Crippen molar-refractivity contribution in [1.29, 1.82) is 0 Å². The maximum absolute atomic E-state index is 13.1. The number of likely N-dealkylation sites (tertiary alicyclic amines) is 1. The predicted octanol–water partition coefficient (Wildman–Crippen LogP) is 3.48. The molecule has 0 radical (unpaired) electrons. The largest absolute Gasteiger partial charge is 0.359 e. The van der Waals surface area contributed by atoms with Gasteiger partial charge in [-0.05, 0) is 62.8 Å². The van der Waals surface area contributed by atoms with Crippen LogP contribution in [0.15, 0.2) is 36.7 Å². The SMILES string of the molecule is C[C@@H]1CC2(CC2)CN1C(=O)[C@@H](C)Nc1cc(-c2ccc(F)cc2)ncn1. The van der Waals surface area contributed by atoms with Crippen LogP contribution in [0.1, 0.15) is 33.1 Å². The Kier molecular flexibility index (Phi) is 4.13. The van der Waals surface area contributed by atoms with Crippen LogP contribution < -0.4 is 5.32 Å². The summed E-state index contributed by atoms with van der Waals surface area (Å²) in [5.74, 6) is 0.421. The van der Waals surface area contributed by atoms with E-state index in [1.807, 2.05) is 11.8 Å². The number of hydrogen-bond acceptors (Lipinski definition) is 4. The Morgan fingerprint density at radius 1 is 1.31 bits per heavy atom. The van der Waals surface area contributed by atoms with Gasteiger partial charge in [-0.25, -0.2) is 14.4 Å². The lowest BCUT2D eigenvalue weighted by atomic mass is 10.0. The summed E-state index contributed by atoms with van der Waals surface area (Å²) in [5, 5.41) is 3.19. The third-order valence-electron chi connectivity index (χ3n) is 5.55. The summed E-state index contributed by atoms with van der Waals surface area (Å²) in [7, 11) is 0. The van der Waals surface area contributed by atoms with E-state index in [0.717, 1.165) is 18.5 Å². The number of amides is 1. The molecule has 1 spiro atoms. The van der Waals surface area contributed by atoms with E-state index in [2.05, 4.69) is 22.2 Å².